The van der Waals surface area contributed by atoms with E-state index >= 15 is 0 Å². The standard InChI is InChI=1S/C14H29N3O2S/c1-3-17-10-6-8-14(17)11-16(2)20(18,19)12-13-7-4-5-9-15-13/h13-15H,3-12H2,1-2H3. The molecule has 1 N–H and O–H groups in total. The van der Waals surface area contributed by atoms with Gasteiger partial charge in [0.25, 0.3) is 0 Å². The number of rotatable bonds is 6. The Morgan fingerprint density at radius 3 is 2.70 bits per heavy atom. The summed E-state index contributed by atoms with van der Waals surface area (Å²) in [6.07, 6.45) is 5.60. The van der Waals surface area contributed by atoms with Gasteiger partial charge in [0.15, 0.2) is 0 Å². The van der Waals surface area contributed by atoms with Crippen LogP contribution in [-0.2, 0) is 10.0 Å². The van der Waals surface area contributed by atoms with Crippen molar-refractivity contribution in [1.82, 2.24) is 14.5 Å². The third-order valence-corrected chi connectivity index (χ3v) is 6.59. The minimum atomic E-state index is -3.13. The quantitative estimate of drug-likeness (QED) is 0.791. The SMILES string of the molecule is CCN1CCCC1CN(C)S(=O)(=O)CC1CCCCN1. The number of hydrogen-bond acceptors (Lipinski definition) is 4. The molecular weight excluding hydrogens is 274 g/mol. The number of likely N-dealkylation sites (tertiary alicyclic amines) is 1. The molecule has 2 saturated heterocycles. The predicted molar refractivity (Wildman–Crippen MR) is 82.3 cm³/mol. The zero-order valence-corrected chi connectivity index (χ0v) is 13.7. The molecule has 0 radical (unpaired) electrons. The van der Waals surface area contributed by atoms with Gasteiger partial charge in [0, 0.05) is 25.7 Å². The van der Waals surface area contributed by atoms with Gasteiger partial charge in [-0.25, -0.2) is 12.7 Å². The summed E-state index contributed by atoms with van der Waals surface area (Å²) >= 11 is 0. The first-order valence-electron chi connectivity index (χ1n) is 7.94. The smallest absolute Gasteiger partial charge is 0.215 e. The fourth-order valence-corrected chi connectivity index (χ4v) is 4.82. The van der Waals surface area contributed by atoms with Gasteiger partial charge in [-0.15, -0.1) is 0 Å². The van der Waals surface area contributed by atoms with Gasteiger partial charge in [-0.2, -0.15) is 0 Å². The van der Waals surface area contributed by atoms with E-state index in [-0.39, 0.29) is 11.8 Å². The van der Waals surface area contributed by atoms with E-state index in [9.17, 15) is 8.42 Å². The van der Waals surface area contributed by atoms with Gasteiger partial charge >= 0.3 is 0 Å². The van der Waals surface area contributed by atoms with Crippen LogP contribution in [0.2, 0.25) is 0 Å². The van der Waals surface area contributed by atoms with Gasteiger partial charge in [0.2, 0.25) is 10.0 Å². The molecule has 0 aromatic rings. The number of nitrogens with one attached hydrogen (secondary N) is 1. The highest BCUT2D eigenvalue weighted by Crippen LogP contribution is 2.19. The second kappa shape index (κ2) is 7.20. The van der Waals surface area contributed by atoms with E-state index in [1.165, 1.54) is 12.8 Å². The van der Waals surface area contributed by atoms with Crippen molar-refractivity contribution in [3.63, 3.8) is 0 Å². The zero-order valence-electron chi connectivity index (χ0n) is 12.8. The van der Waals surface area contributed by atoms with Crippen LogP contribution in [0.4, 0.5) is 0 Å². The molecule has 5 nitrogen and oxygen atoms in total. The molecule has 2 aliphatic heterocycles. The van der Waals surface area contributed by atoms with Gasteiger partial charge in [0.1, 0.15) is 0 Å². The summed E-state index contributed by atoms with van der Waals surface area (Å²) in [5.74, 6) is 0.252. The van der Waals surface area contributed by atoms with Crippen molar-refractivity contribution in [2.75, 3.05) is 39.0 Å². The lowest BCUT2D eigenvalue weighted by atomic mass is 10.1. The van der Waals surface area contributed by atoms with Crippen molar-refractivity contribution in [2.45, 2.75) is 51.1 Å². The minimum absolute atomic E-state index is 0.141. The van der Waals surface area contributed by atoms with E-state index in [2.05, 4.69) is 17.1 Å². The van der Waals surface area contributed by atoms with Crippen LogP contribution in [0.25, 0.3) is 0 Å². The van der Waals surface area contributed by atoms with Gasteiger partial charge < -0.3 is 5.32 Å². The Morgan fingerprint density at radius 2 is 2.05 bits per heavy atom. The Kier molecular flexibility index (Phi) is 5.84. The van der Waals surface area contributed by atoms with Crippen molar-refractivity contribution in [2.24, 2.45) is 0 Å². The van der Waals surface area contributed by atoms with E-state index in [1.54, 1.807) is 11.4 Å². The van der Waals surface area contributed by atoms with Gasteiger partial charge in [-0.3, -0.25) is 4.90 Å². The maximum atomic E-state index is 12.4. The van der Waals surface area contributed by atoms with Crippen LogP contribution in [0.3, 0.4) is 0 Å². The lowest BCUT2D eigenvalue weighted by Crippen LogP contribution is -2.46. The summed E-state index contributed by atoms with van der Waals surface area (Å²) in [6.45, 7) is 5.87. The molecule has 0 saturated carbocycles. The summed E-state index contributed by atoms with van der Waals surface area (Å²) < 4.78 is 26.5. The molecule has 0 aliphatic carbocycles. The summed E-state index contributed by atoms with van der Waals surface area (Å²) in [6, 6.07) is 0.543. The fraction of sp³-hybridized carbons (Fsp3) is 1.00. The van der Waals surface area contributed by atoms with Crippen LogP contribution in [-0.4, -0.2) is 68.7 Å². The topological polar surface area (TPSA) is 52.7 Å². The molecule has 0 amide bonds. The molecule has 2 fully saturated rings. The number of sulfonamides is 1. The lowest BCUT2D eigenvalue weighted by Gasteiger charge is -2.29. The normalized spacial score (nSPS) is 29.1. The predicted octanol–water partition coefficient (Wildman–Crippen LogP) is 0.874. The van der Waals surface area contributed by atoms with Gasteiger partial charge in [-0.1, -0.05) is 13.3 Å². The van der Waals surface area contributed by atoms with Crippen LogP contribution in [0, 0.1) is 0 Å². The molecular formula is C14H29N3O2S. The molecule has 2 heterocycles. The van der Waals surface area contributed by atoms with Crippen LogP contribution >= 0.6 is 0 Å². The number of piperidine rings is 1. The van der Waals surface area contributed by atoms with Crippen molar-refractivity contribution in [3.8, 4) is 0 Å². The maximum absolute atomic E-state index is 12.4. The highest BCUT2D eigenvalue weighted by atomic mass is 32.2. The van der Waals surface area contributed by atoms with Crippen LogP contribution in [0.1, 0.15) is 39.0 Å². The van der Waals surface area contributed by atoms with Crippen molar-refractivity contribution in [3.05, 3.63) is 0 Å². The minimum Gasteiger partial charge on any atom is -0.313 e. The Bertz CT molecular complexity index is 393. The molecule has 2 rings (SSSR count). The first-order chi connectivity index (χ1) is 9.53. The van der Waals surface area contributed by atoms with Crippen LogP contribution in [0.15, 0.2) is 0 Å². The molecule has 2 atom stereocenters. The van der Waals surface area contributed by atoms with E-state index in [1.807, 2.05) is 0 Å². The molecule has 0 aromatic carbocycles. The highest BCUT2D eigenvalue weighted by molar-refractivity contribution is 7.89. The average molecular weight is 303 g/mol. The Balaban J connectivity index is 1.87. The molecule has 20 heavy (non-hydrogen) atoms. The van der Waals surface area contributed by atoms with E-state index in [0.717, 1.165) is 38.9 Å². The van der Waals surface area contributed by atoms with E-state index in [0.29, 0.717) is 12.6 Å². The van der Waals surface area contributed by atoms with Crippen LogP contribution < -0.4 is 5.32 Å². The Morgan fingerprint density at radius 1 is 1.25 bits per heavy atom. The van der Waals surface area contributed by atoms with Gasteiger partial charge in [-0.05, 0) is 45.3 Å². The molecule has 2 unspecified atom stereocenters. The molecule has 0 bridgehead atoms. The van der Waals surface area contributed by atoms with E-state index < -0.39 is 10.0 Å². The summed E-state index contributed by atoms with van der Waals surface area (Å²) in [4.78, 5) is 2.39. The number of likely N-dealkylation sites (N-methyl/N-ethyl adjacent to an activating group) is 2. The van der Waals surface area contributed by atoms with Crippen molar-refractivity contribution in [1.29, 1.82) is 0 Å². The summed E-state index contributed by atoms with van der Waals surface area (Å²) in [5, 5.41) is 3.33. The molecule has 0 spiro atoms. The number of hydrogen-bond donors (Lipinski definition) is 1. The Hall–Kier alpha value is -0.170. The summed E-state index contributed by atoms with van der Waals surface area (Å²) in [5.41, 5.74) is 0. The third-order valence-electron chi connectivity index (χ3n) is 4.67. The summed E-state index contributed by atoms with van der Waals surface area (Å²) in [7, 11) is -1.39. The second-order valence-corrected chi connectivity index (χ2v) is 8.25. The van der Waals surface area contributed by atoms with Gasteiger partial charge in [0.05, 0.1) is 5.75 Å². The number of nitrogens with zero attached hydrogens (tertiary/aromatic N) is 2. The van der Waals surface area contributed by atoms with Crippen LogP contribution in [0.5, 0.6) is 0 Å². The monoisotopic (exact) mass is 303 g/mol. The van der Waals surface area contributed by atoms with E-state index in [4.69, 9.17) is 0 Å². The fourth-order valence-electron chi connectivity index (χ4n) is 3.38. The zero-order chi connectivity index (χ0) is 14.6. The molecule has 118 valence electrons. The average Bonchev–Trinajstić information content (AvgIpc) is 2.86. The first kappa shape index (κ1) is 16.2. The second-order valence-electron chi connectivity index (χ2n) is 6.13. The molecule has 6 heteroatoms. The van der Waals surface area contributed by atoms with Crippen molar-refractivity contribution >= 4 is 10.0 Å². The first-order valence-corrected chi connectivity index (χ1v) is 9.55. The molecule has 2 aliphatic rings. The highest BCUT2D eigenvalue weighted by Gasteiger charge is 2.30. The third kappa shape index (κ3) is 4.16. The molecule has 0 aromatic heterocycles. The largest absolute Gasteiger partial charge is 0.313 e. The van der Waals surface area contributed by atoms with Crippen molar-refractivity contribution < 1.29 is 8.42 Å². The lowest BCUT2D eigenvalue weighted by molar-refractivity contribution is 0.237. The maximum Gasteiger partial charge on any atom is 0.215 e. The Labute approximate surface area is 123 Å².